The maximum atomic E-state index is 12.3. The lowest BCUT2D eigenvalue weighted by Crippen LogP contribution is -2.57. The Morgan fingerprint density at radius 1 is 1.06 bits per heavy atom. The second kappa shape index (κ2) is 9.19. The molecule has 5 aliphatic rings. The van der Waals surface area contributed by atoms with E-state index in [9.17, 15) is 10.0 Å². The van der Waals surface area contributed by atoms with Crippen molar-refractivity contribution in [2.24, 2.45) is 17.3 Å². The van der Waals surface area contributed by atoms with Crippen molar-refractivity contribution in [2.75, 3.05) is 18.0 Å². The largest absolute Gasteiger partial charge is 0.372 e. The Labute approximate surface area is 216 Å². The van der Waals surface area contributed by atoms with E-state index in [2.05, 4.69) is 53.4 Å². The normalized spacial score (nSPS) is 35.9. The summed E-state index contributed by atoms with van der Waals surface area (Å²) in [5, 5.41) is 10.5. The zero-order valence-corrected chi connectivity index (χ0v) is 21.9. The molecule has 6 rings (SSSR count). The fourth-order valence-corrected chi connectivity index (χ4v) is 8.69. The van der Waals surface area contributed by atoms with E-state index >= 15 is 0 Å². The van der Waals surface area contributed by atoms with Crippen molar-refractivity contribution in [3.8, 4) is 11.8 Å². The molecule has 0 amide bonds. The van der Waals surface area contributed by atoms with E-state index in [1.165, 1.54) is 41.7 Å². The summed E-state index contributed by atoms with van der Waals surface area (Å²) in [6, 6.07) is 9.39. The van der Waals surface area contributed by atoms with Crippen LogP contribution in [0.2, 0.25) is 0 Å². The first-order valence-electron chi connectivity index (χ1n) is 14.2. The molecule has 3 fully saturated rings. The number of benzene rings is 1. The summed E-state index contributed by atoms with van der Waals surface area (Å²) in [5.41, 5.74) is 9.16. The number of carbonyl (C=O) groups excluding carboxylic acids is 1. The zero-order valence-electron chi connectivity index (χ0n) is 21.9. The molecular formula is C32H40N2O2. The van der Waals surface area contributed by atoms with Crippen LogP contribution in [-0.2, 0) is 4.79 Å². The van der Waals surface area contributed by atoms with E-state index in [0.29, 0.717) is 30.0 Å². The summed E-state index contributed by atoms with van der Waals surface area (Å²) in [6.45, 7) is 6.58. The van der Waals surface area contributed by atoms with Gasteiger partial charge in [-0.05, 0) is 111 Å². The van der Waals surface area contributed by atoms with Gasteiger partial charge in [-0.2, -0.15) is 5.48 Å². The maximum Gasteiger partial charge on any atom is 0.156 e. The number of piperidine rings is 1. The van der Waals surface area contributed by atoms with Crippen molar-refractivity contribution in [3.63, 3.8) is 0 Å². The topological polar surface area (TPSA) is 52.6 Å². The summed E-state index contributed by atoms with van der Waals surface area (Å²) < 4.78 is 0. The molecule has 1 heterocycles. The first-order chi connectivity index (χ1) is 17.5. The van der Waals surface area contributed by atoms with Crippen LogP contribution in [0.3, 0.4) is 0 Å². The molecule has 0 bridgehead atoms. The monoisotopic (exact) mass is 484 g/mol. The van der Waals surface area contributed by atoms with Crippen LogP contribution in [0.5, 0.6) is 0 Å². The molecule has 4 aliphatic carbocycles. The number of fused-ring (bicyclic) bond motifs is 4. The lowest BCUT2D eigenvalue weighted by Gasteiger charge is -2.54. The van der Waals surface area contributed by atoms with Gasteiger partial charge in [0.05, 0.1) is 0 Å². The predicted octanol–water partition coefficient (Wildman–Crippen LogP) is 6.32. The maximum absolute atomic E-state index is 12.3. The molecule has 0 spiro atoms. The van der Waals surface area contributed by atoms with Crippen LogP contribution in [0.1, 0.15) is 89.5 Å². The fourth-order valence-electron chi connectivity index (χ4n) is 8.69. The van der Waals surface area contributed by atoms with Gasteiger partial charge in [-0.1, -0.05) is 30.6 Å². The first-order valence-corrected chi connectivity index (χ1v) is 14.2. The van der Waals surface area contributed by atoms with Gasteiger partial charge in [0, 0.05) is 36.5 Å². The third-order valence-corrected chi connectivity index (χ3v) is 10.5. The Balaban J connectivity index is 1.45. The zero-order chi connectivity index (χ0) is 24.9. The minimum absolute atomic E-state index is 0.124. The Morgan fingerprint density at radius 2 is 1.83 bits per heavy atom. The number of ketones is 1. The van der Waals surface area contributed by atoms with E-state index in [-0.39, 0.29) is 5.41 Å². The van der Waals surface area contributed by atoms with Crippen LogP contribution in [0.25, 0.3) is 0 Å². The highest BCUT2D eigenvalue weighted by molar-refractivity contribution is 5.93. The highest BCUT2D eigenvalue weighted by Gasteiger charge is 2.63. The highest BCUT2D eigenvalue weighted by atomic mass is 16.5. The van der Waals surface area contributed by atoms with E-state index < -0.39 is 5.54 Å². The van der Waals surface area contributed by atoms with Gasteiger partial charge in [-0.15, -0.1) is 5.92 Å². The average molecular weight is 485 g/mol. The summed E-state index contributed by atoms with van der Waals surface area (Å²) in [4.78, 5) is 14.8. The van der Waals surface area contributed by atoms with Gasteiger partial charge < -0.3 is 10.1 Å². The van der Waals surface area contributed by atoms with Crippen LogP contribution in [-0.4, -0.2) is 29.6 Å². The standard InChI is InChI=1S/C32H40N2O2/c1-3-16-32(33-36)17-15-29-27-13-9-23-20-25(35)12-14-26(23)30(27)28(21-31(29,32)2)22-7-10-24(11-8-22)34-18-5-4-6-19-34/h7-8,10-11,20,27-29,33,36H,4-6,9,12-15,17-19,21H2,1-2H3/t27-,28?,29-,31-,32?/m0/s1. The molecule has 1 aromatic rings. The van der Waals surface area contributed by atoms with E-state index in [0.717, 1.165) is 51.6 Å². The third kappa shape index (κ3) is 3.62. The molecule has 1 saturated heterocycles. The number of nitrogens with zero attached hydrogens (tertiary/aromatic N) is 1. The number of hydrogen-bond acceptors (Lipinski definition) is 4. The van der Waals surface area contributed by atoms with Crippen molar-refractivity contribution >= 4 is 11.5 Å². The molecule has 1 aliphatic heterocycles. The molecule has 5 atom stereocenters. The molecule has 0 radical (unpaired) electrons. The second-order valence-corrected chi connectivity index (χ2v) is 12.1. The lowest BCUT2D eigenvalue weighted by molar-refractivity contribution is -0.114. The van der Waals surface area contributed by atoms with E-state index in [1.807, 2.05) is 13.0 Å². The molecular weight excluding hydrogens is 444 g/mol. The number of hydroxylamine groups is 1. The van der Waals surface area contributed by atoms with Crippen molar-refractivity contribution in [3.05, 3.63) is 52.6 Å². The lowest BCUT2D eigenvalue weighted by atomic mass is 9.50. The minimum atomic E-state index is -0.562. The smallest absolute Gasteiger partial charge is 0.156 e. The van der Waals surface area contributed by atoms with Crippen LogP contribution >= 0.6 is 0 Å². The average Bonchev–Trinajstić information content (AvgIpc) is 3.20. The molecule has 36 heavy (non-hydrogen) atoms. The van der Waals surface area contributed by atoms with Crippen molar-refractivity contribution < 1.29 is 10.0 Å². The van der Waals surface area contributed by atoms with Crippen LogP contribution in [0.15, 0.2) is 47.1 Å². The number of nitrogens with one attached hydrogen (secondary N) is 1. The predicted molar refractivity (Wildman–Crippen MR) is 144 cm³/mol. The van der Waals surface area contributed by atoms with Gasteiger partial charge in [0.2, 0.25) is 0 Å². The number of carbonyl (C=O) groups is 1. The summed E-state index contributed by atoms with van der Waals surface area (Å²) in [7, 11) is 0. The summed E-state index contributed by atoms with van der Waals surface area (Å²) in [5.74, 6) is 8.15. The van der Waals surface area contributed by atoms with Gasteiger partial charge in [0.1, 0.15) is 5.54 Å². The molecule has 2 saturated carbocycles. The van der Waals surface area contributed by atoms with Gasteiger partial charge in [-0.25, -0.2) is 0 Å². The molecule has 4 nitrogen and oxygen atoms in total. The molecule has 2 N–H and O–H groups in total. The molecule has 2 unspecified atom stereocenters. The number of allylic oxidation sites excluding steroid dienone is 4. The third-order valence-electron chi connectivity index (χ3n) is 10.5. The first kappa shape index (κ1) is 24.0. The van der Waals surface area contributed by atoms with Gasteiger partial charge in [0.25, 0.3) is 0 Å². The van der Waals surface area contributed by atoms with Crippen molar-refractivity contribution in [2.45, 2.75) is 89.5 Å². The van der Waals surface area contributed by atoms with E-state index in [1.54, 1.807) is 5.57 Å². The quantitative estimate of drug-likeness (QED) is 0.390. The number of rotatable bonds is 3. The van der Waals surface area contributed by atoms with Crippen molar-refractivity contribution in [1.29, 1.82) is 0 Å². The van der Waals surface area contributed by atoms with Crippen molar-refractivity contribution in [1.82, 2.24) is 5.48 Å². The van der Waals surface area contributed by atoms with Gasteiger partial charge >= 0.3 is 0 Å². The van der Waals surface area contributed by atoms with Gasteiger partial charge in [0.15, 0.2) is 5.78 Å². The Bertz CT molecular complexity index is 1160. The van der Waals surface area contributed by atoms with Gasteiger partial charge in [-0.3, -0.25) is 4.79 Å². The summed E-state index contributed by atoms with van der Waals surface area (Å²) in [6.07, 6.45) is 12.4. The Kier molecular flexibility index (Phi) is 6.13. The molecule has 190 valence electrons. The van der Waals surface area contributed by atoms with E-state index in [4.69, 9.17) is 0 Å². The number of hydrogen-bond donors (Lipinski definition) is 2. The molecule has 4 heteroatoms. The SMILES string of the molecule is CC#CC1(NO)CC[C@H]2[C@@H]3CCC4=CC(=O)CCC4=C3C(c3ccc(N4CCCCC4)cc3)C[C@@]21C. The Hall–Kier alpha value is -2.35. The van der Waals surface area contributed by atoms with Crippen LogP contribution in [0.4, 0.5) is 5.69 Å². The minimum Gasteiger partial charge on any atom is -0.372 e. The highest BCUT2D eigenvalue weighted by Crippen LogP contribution is 2.66. The number of anilines is 1. The second-order valence-electron chi connectivity index (χ2n) is 12.1. The fraction of sp³-hybridized carbons (Fsp3) is 0.594. The van der Waals surface area contributed by atoms with Crippen LogP contribution in [0, 0.1) is 29.1 Å². The van der Waals surface area contributed by atoms with Crippen LogP contribution < -0.4 is 10.4 Å². The summed E-state index contributed by atoms with van der Waals surface area (Å²) >= 11 is 0. The molecule has 0 aromatic heterocycles. The Morgan fingerprint density at radius 3 is 2.56 bits per heavy atom. The molecule has 1 aromatic carbocycles.